The lowest BCUT2D eigenvalue weighted by atomic mass is 10.1. The van der Waals surface area contributed by atoms with Crippen molar-refractivity contribution in [2.45, 2.75) is 0 Å². The lowest BCUT2D eigenvalue weighted by Crippen LogP contribution is -1.94. The Hall–Kier alpha value is -2.69. The van der Waals surface area contributed by atoms with Gasteiger partial charge in [-0.25, -0.2) is 9.37 Å². The van der Waals surface area contributed by atoms with Crippen LogP contribution in [0.15, 0.2) is 53.5 Å². The van der Waals surface area contributed by atoms with Crippen LogP contribution in [0.2, 0.25) is 0 Å². The van der Waals surface area contributed by atoms with Crippen LogP contribution in [0.4, 0.5) is 4.39 Å². The zero-order valence-electron chi connectivity index (χ0n) is 9.79. The first-order chi connectivity index (χ1) is 9.28. The molecule has 0 saturated heterocycles. The molecule has 1 aromatic carbocycles. The third-order valence-electron chi connectivity index (χ3n) is 2.76. The molecule has 5 heteroatoms. The molecule has 0 aliphatic heterocycles. The number of imidazole rings is 1. The van der Waals surface area contributed by atoms with Gasteiger partial charge in [0.05, 0.1) is 12.0 Å². The molecule has 0 atom stereocenters. The van der Waals surface area contributed by atoms with E-state index in [1.807, 2.05) is 0 Å². The average Bonchev–Trinajstić information content (AvgIpc) is 3.10. The van der Waals surface area contributed by atoms with Crippen LogP contribution in [0.1, 0.15) is 10.6 Å². The Balaban J connectivity index is 2.01. The van der Waals surface area contributed by atoms with Gasteiger partial charge in [-0.1, -0.05) is 0 Å². The summed E-state index contributed by atoms with van der Waals surface area (Å²) in [6, 6.07) is 7.91. The molecule has 19 heavy (non-hydrogen) atoms. The average molecular weight is 256 g/mol. The van der Waals surface area contributed by atoms with Gasteiger partial charge in [-0.15, -0.1) is 0 Å². The Morgan fingerprint density at radius 2 is 2.16 bits per heavy atom. The Morgan fingerprint density at radius 1 is 1.26 bits per heavy atom. The van der Waals surface area contributed by atoms with Gasteiger partial charge in [0.15, 0.2) is 12.0 Å². The van der Waals surface area contributed by atoms with E-state index in [2.05, 4.69) is 4.98 Å². The van der Waals surface area contributed by atoms with Crippen LogP contribution in [0.25, 0.3) is 17.0 Å². The zero-order chi connectivity index (χ0) is 13.2. The van der Waals surface area contributed by atoms with Crippen molar-refractivity contribution in [2.24, 2.45) is 0 Å². The van der Waals surface area contributed by atoms with Gasteiger partial charge in [-0.2, -0.15) is 0 Å². The molecule has 0 fully saturated rings. The first-order valence-corrected chi connectivity index (χ1v) is 5.61. The number of hydrogen-bond donors (Lipinski definition) is 0. The first-order valence-electron chi connectivity index (χ1n) is 5.61. The molecule has 4 nitrogen and oxygen atoms in total. The number of furan rings is 1. The summed E-state index contributed by atoms with van der Waals surface area (Å²) in [7, 11) is 0. The summed E-state index contributed by atoms with van der Waals surface area (Å²) in [5.74, 6) is 0.284. The Bertz CT molecular complexity index is 717. The molecule has 0 bridgehead atoms. The van der Waals surface area contributed by atoms with E-state index in [1.165, 1.54) is 12.4 Å². The minimum absolute atomic E-state index is 0.217. The van der Waals surface area contributed by atoms with Gasteiger partial charge in [0.25, 0.3) is 0 Å². The number of aromatic nitrogens is 2. The topological polar surface area (TPSA) is 48.0 Å². The molecular weight excluding hydrogens is 247 g/mol. The van der Waals surface area contributed by atoms with Crippen LogP contribution < -0.4 is 0 Å². The maximum absolute atomic E-state index is 14.0. The van der Waals surface area contributed by atoms with Crippen LogP contribution in [0, 0.1) is 5.82 Å². The molecule has 0 aliphatic carbocycles. The fourth-order valence-corrected chi connectivity index (χ4v) is 1.84. The molecule has 94 valence electrons. The van der Waals surface area contributed by atoms with Crippen LogP contribution in [-0.4, -0.2) is 15.8 Å². The molecule has 3 rings (SSSR count). The molecule has 0 aliphatic rings. The van der Waals surface area contributed by atoms with E-state index in [9.17, 15) is 9.18 Å². The van der Waals surface area contributed by atoms with Gasteiger partial charge in [0.1, 0.15) is 11.6 Å². The number of carbonyl (C=O) groups excluding carboxylic acids is 1. The second-order valence-corrected chi connectivity index (χ2v) is 3.96. The number of rotatable bonds is 3. The molecule has 0 amide bonds. The molecule has 2 aromatic heterocycles. The summed E-state index contributed by atoms with van der Waals surface area (Å²) in [5, 5.41) is 0. The quantitative estimate of drug-likeness (QED) is 0.676. The normalized spacial score (nSPS) is 10.6. The van der Waals surface area contributed by atoms with Crippen LogP contribution >= 0.6 is 0 Å². The van der Waals surface area contributed by atoms with Crippen molar-refractivity contribution in [1.82, 2.24) is 9.55 Å². The molecule has 0 radical (unpaired) electrons. The number of aldehydes is 1. The summed E-state index contributed by atoms with van der Waals surface area (Å²) in [4.78, 5) is 14.4. The van der Waals surface area contributed by atoms with E-state index in [4.69, 9.17) is 4.42 Å². The predicted molar refractivity (Wildman–Crippen MR) is 66.6 cm³/mol. The summed E-state index contributed by atoms with van der Waals surface area (Å²) >= 11 is 0. The van der Waals surface area contributed by atoms with E-state index >= 15 is 0 Å². The van der Waals surface area contributed by atoms with E-state index in [1.54, 1.807) is 41.2 Å². The number of halogens is 1. The highest BCUT2D eigenvalue weighted by Gasteiger charge is 2.09. The van der Waals surface area contributed by atoms with Crippen LogP contribution in [0.3, 0.4) is 0 Å². The summed E-state index contributed by atoms with van der Waals surface area (Å²) in [5.41, 5.74) is 0.984. The van der Waals surface area contributed by atoms with Gasteiger partial charge in [-0.3, -0.25) is 4.79 Å². The van der Waals surface area contributed by atoms with Crippen molar-refractivity contribution < 1.29 is 13.6 Å². The Labute approximate surface area is 108 Å². The molecule has 0 N–H and O–H groups in total. The highest BCUT2D eigenvalue weighted by molar-refractivity contribution is 5.73. The standard InChI is InChI=1S/C14H9FN2O2/c15-12-7-10(14-4-2-11(8-18)19-14)1-3-13(12)17-6-5-16-9-17/h1-9H. The zero-order valence-corrected chi connectivity index (χ0v) is 9.79. The molecular formula is C14H9FN2O2. The van der Waals surface area contributed by atoms with E-state index in [-0.39, 0.29) is 11.6 Å². The van der Waals surface area contributed by atoms with Crippen molar-refractivity contribution in [3.8, 4) is 17.0 Å². The number of hydrogen-bond acceptors (Lipinski definition) is 3. The number of carbonyl (C=O) groups is 1. The van der Waals surface area contributed by atoms with Crippen molar-refractivity contribution in [3.05, 3.63) is 60.6 Å². The number of nitrogens with zero attached hydrogens (tertiary/aromatic N) is 2. The van der Waals surface area contributed by atoms with E-state index < -0.39 is 0 Å². The predicted octanol–water partition coefficient (Wildman–Crippen LogP) is 3.08. The highest BCUT2D eigenvalue weighted by atomic mass is 19.1. The summed E-state index contributed by atoms with van der Waals surface area (Å²) < 4.78 is 20.9. The van der Waals surface area contributed by atoms with Crippen molar-refractivity contribution in [1.29, 1.82) is 0 Å². The smallest absolute Gasteiger partial charge is 0.185 e. The van der Waals surface area contributed by atoms with Gasteiger partial charge in [-0.05, 0) is 30.3 Å². The van der Waals surface area contributed by atoms with Crippen molar-refractivity contribution in [2.75, 3.05) is 0 Å². The Kier molecular flexibility index (Phi) is 2.72. The van der Waals surface area contributed by atoms with Crippen LogP contribution in [0.5, 0.6) is 0 Å². The monoisotopic (exact) mass is 256 g/mol. The van der Waals surface area contributed by atoms with E-state index in [0.717, 1.165) is 0 Å². The first kappa shape index (κ1) is 11.4. The van der Waals surface area contributed by atoms with Gasteiger partial charge in [0, 0.05) is 18.0 Å². The minimum Gasteiger partial charge on any atom is -0.453 e. The maximum atomic E-state index is 14.0. The SMILES string of the molecule is O=Cc1ccc(-c2ccc(-n3ccnc3)c(F)c2)o1. The second kappa shape index (κ2) is 4.53. The van der Waals surface area contributed by atoms with Gasteiger partial charge in [0.2, 0.25) is 0 Å². The minimum atomic E-state index is -0.389. The molecule has 0 unspecified atom stereocenters. The third-order valence-corrected chi connectivity index (χ3v) is 2.76. The molecule has 0 spiro atoms. The lowest BCUT2D eigenvalue weighted by molar-refractivity contribution is 0.110. The summed E-state index contributed by atoms with van der Waals surface area (Å²) in [6.07, 6.45) is 5.38. The fraction of sp³-hybridized carbons (Fsp3) is 0. The molecule has 3 aromatic rings. The second-order valence-electron chi connectivity index (χ2n) is 3.96. The number of benzene rings is 1. The molecule has 0 saturated carbocycles. The third kappa shape index (κ3) is 2.06. The van der Waals surface area contributed by atoms with Crippen molar-refractivity contribution in [3.63, 3.8) is 0 Å². The largest absolute Gasteiger partial charge is 0.453 e. The maximum Gasteiger partial charge on any atom is 0.185 e. The van der Waals surface area contributed by atoms with Gasteiger partial charge >= 0.3 is 0 Å². The Morgan fingerprint density at radius 3 is 2.79 bits per heavy atom. The van der Waals surface area contributed by atoms with Gasteiger partial charge < -0.3 is 8.98 Å². The summed E-state index contributed by atoms with van der Waals surface area (Å²) in [6.45, 7) is 0. The highest BCUT2D eigenvalue weighted by Crippen LogP contribution is 2.25. The van der Waals surface area contributed by atoms with Crippen LogP contribution in [-0.2, 0) is 0 Å². The molecule has 2 heterocycles. The van der Waals surface area contributed by atoms with E-state index in [0.29, 0.717) is 23.3 Å². The lowest BCUT2D eigenvalue weighted by Gasteiger charge is -2.05. The fourth-order valence-electron chi connectivity index (χ4n) is 1.84. The van der Waals surface area contributed by atoms with Crippen molar-refractivity contribution >= 4 is 6.29 Å².